The van der Waals surface area contributed by atoms with Crippen LogP contribution in [0.3, 0.4) is 0 Å². The molecule has 16 N–H and O–H groups in total. The highest BCUT2D eigenvalue weighted by Crippen LogP contribution is 2.05. The Morgan fingerprint density at radius 1 is 0.676 bits per heavy atom. The maximum atomic E-state index is 12.8. The predicted molar refractivity (Wildman–Crippen MR) is 128 cm³/mol. The second kappa shape index (κ2) is 16.8. The lowest BCUT2D eigenvalue weighted by Gasteiger charge is -2.22. The van der Waals surface area contributed by atoms with Crippen LogP contribution in [-0.2, 0) is 14.4 Å². The molecule has 16 heteroatoms. The van der Waals surface area contributed by atoms with Crippen molar-refractivity contribution in [1.29, 1.82) is 0 Å². The molecule has 0 aliphatic carbocycles. The summed E-state index contributed by atoms with van der Waals surface area (Å²) in [6.07, 6.45) is 1.37. The van der Waals surface area contributed by atoms with Gasteiger partial charge in [0.15, 0.2) is 17.9 Å². The quantitative estimate of drug-likeness (QED) is 0.0543. The summed E-state index contributed by atoms with van der Waals surface area (Å²) in [4.78, 5) is 48.1. The maximum Gasteiger partial charge on any atom is 0.326 e. The molecule has 0 aromatic heterocycles. The van der Waals surface area contributed by atoms with Gasteiger partial charge in [0.05, 0.1) is 0 Å². The molecular weight excluding hydrogens is 448 g/mol. The van der Waals surface area contributed by atoms with Crippen LogP contribution in [0, 0.1) is 0 Å². The van der Waals surface area contributed by atoms with E-state index in [0.717, 1.165) is 0 Å². The molecule has 0 aromatic carbocycles. The van der Waals surface area contributed by atoms with E-state index in [-0.39, 0.29) is 56.8 Å². The number of guanidine groups is 3. The van der Waals surface area contributed by atoms with Crippen LogP contribution in [0.4, 0.5) is 0 Å². The minimum Gasteiger partial charge on any atom is -0.480 e. The van der Waals surface area contributed by atoms with E-state index in [9.17, 15) is 19.5 Å². The molecule has 16 nitrogen and oxygen atoms in total. The molecule has 2 amide bonds. The molecule has 0 fully saturated rings. The van der Waals surface area contributed by atoms with Crippen molar-refractivity contribution in [2.75, 3.05) is 19.6 Å². The number of aliphatic carboxylic acids is 1. The standard InChI is InChI=1S/C18H37N12O4/c19-10(4-1-7-26-16(20)21)13(31)29-11(5-2-8-27-17(22)23)14(32)30-12(15(33)34)6-3-9-28-18(24)25/h10-12,19H,1-9H2,(H,29,31)(H,30,32)(H,33,34)(H4,20,21,26)(H4,22,23,27)(H4,24,25,28). The number of rotatable bonds is 17. The summed E-state index contributed by atoms with van der Waals surface area (Å²) in [6.45, 7) is 0.653. The highest BCUT2D eigenvalue weighted by atomic mass is 16.4. The summed E-state index contributed by atoms with van der Waals surface area (Å²) >= 11 is 0. The van der Waals surface area contributed by atoms with E-state index in [1.807, 2.05) is 0 Å². The number of carboxylic acids is 1. The zero-order valence-electron chi connectivity index (χ0n) is 19.1. The lowest BCUT2D eigenvalue weighted by Crippen LogP contribution is -2.53. The summed E-state index contributed by atoms with van der Waals surface area (Å²) < 4.78 is 0. The van der Waals surface area contributed by atoms with Crippen LogP contribution in [0.25, 0.3) is 0 Å². The van der Waals surface area contributed by atoms with Crippen LogP contribution in [0.15, 0.2) is 15.0 Å². The Bertz CT molecular complexity index is 743. The normalized spacial score (nSPS) is 13.0. The van der Waals surface area contributed by atoms with Gasteiger partial charge in [-0.05, 0) is 38.5 Å². The third-order valence-electron chi connectivity index (χ3n) is 4.40. The van der Waals surface area contributed by atoms with Crippen molar-refractivity contribution < 1.29 is 19.5 Å². The summed E-state index contributed by atoms with van der Waals surface area (Å²) in [5, 5.41) is 14.3. The lowest BCUT2D eigenvalue weighted by molar-refractivity contribution is -0.142. The van der Waals surface area contributed by atoms with Crippen LogP contribution in [-0.4, -0.2) is 78.5 Å². The number of nitrogens with zero attached hydrogens (tertiary/aromatic N) is 3. The largest absolute Gasteiger partial charge is 0.480 e. The first-order chi connectivity index (χ1) is 15.9. The van der Waals surface area contributed by atoms with E-state index in [1.165, 1.54) is 0 Å². The van der Waals surface area contributed by atoms with Gasteiger partial charge in [0.25, 0.3) is 0 Å². The van der Waals surface area contributed by atoms with Crippen LogP contribution < -0.4 is 50.8 Å². The van der Waals surface area contributed by atoms with Gasteiger partial charge < -0.3 is 50.1 Å². The first kappa shape index (κ1) is 30.2. The molecule has 0 saturated heterocycles. The molecule has 3 unspecified atom stereocenters. The Kier molecular flexibility index (Phi) is 14.9. The molecule has 0 aliphatic heterocycles. The van der Waals surface area contributed by atoms with Crippen molar-refractivity contribution in [3.63, 3.8) is 0 Å². The number of hydrogen-bond donors (Lipinski definition) is 9. The van der Waals surface area contributed by atoms with Gasteiger partial charge >= 0.3 is 5.97 Å². The fourth-order valence-corrected chi connectivity index (χ4v) is 2.71. The number of nitrogens with one attached hydrogen (secondary N) is 3. The number of hydrogen-bond acceptors (Lipinski definition) is 6. The monoisotopic (exact) mass is 485 g/mol. The van der Waals surface area contributed by atoms with Crippen molar-refractivity contribution in [3.8, 4) is 0 Å². The van der Waals surface area contributed by atoms with Gasteiger partial charge in [0, 0.05) is 19.6 Å². The molecule has 0 spiro atoms. The molecule has 0 bridgehead atoms. The van der Waals surface area contributed by atoms with Crippen molar-refractivity contribution >= 4 is 35.7 Å². The average molecular weight is 486 g/mol. The van der Waals surface area contributed by atoms with Gasteiger partial charge in [-0.1, -0.05) is 0 Å². The maximum absolute atomic E-state index is 12.8. The van der Waals surface area contributed by atoms with Gasteiger partial charge in [-0.3, -0.25) is 24.6 Å². The molecule has 0 aromatic rings. The lowest BCUT2D eigenvalue weighted by atomic mass is 10.1. The molecule has 0 saturated carbocycles. The molecule has 0 aliphatic rings. The van der Waals surface area contributed by atoms with E-state index in [0.29, 0.717) is 19.3 Å². The second-order valence-corrected chi connectivity index (χ2v) is 7.36. The zero-order chi connectivity index (χ0) is 26.1. The highest BCUT2D eigenvalue weighted by Gasteiger charge is 2.27. The molecule has 0 rings (SSSR count). The summed E-state index contributed by atoms with van der Waals surface area (Å²) in [5.41, 5.74) is 39.5. The molecule has 34 heavy (non-hydrogen) atoms. The first-order valence-electron chi connectivity index (χ1n) is 10.6. The number of amides is 2. The molecule has 193 valence electrons. The van der Waals surface area contributed by atoms with E-state index in [4.69, 9.17) is 40.1 Å². The van der Waals surface area contributed by atoms with Crippen molar-refractivity contribution in [2.45, 2.75) is 56.7 Å². The predicted octanol–water partition coefficient (Wildman–Crippen LogP) is -4.15. The highest BCUT2D eigenvalue weighted by molar-refractivity contribution is 5.91. The number of aliphatic imine (C=N–C) groups is 3. The van der Waals surface area contributed by atoms with Crippen LogP contribution in [0.1, 0.15) is 38.5 Å². The number of carbonyl (C=O) groups excluding carboxylic acids is 2. The molecule has 0 heterocycles. The van der Waals surface area contributed by atoms with Gasteiger partial charge in [-0.25, -0.2) is 10.5 Å². The smallest absolute Gasteiger partial charge is 0.326 e. The summed E-state index contributed by atoms with van der Waals surface area (Å²) in [6, 6.07) is -3.48. The third-order valence-corrected chi connectivity index (χ3v) is 4.40. The topological polar surface area (TPSA) is 312 Å². The van der Waals surface area contributed by atoms with E-state index < -0.39 is 35.9 Å². The minimum absolute atomic E-state index is 0.0678. The van der Waals surface area contributed by atoms with Crippen LogP contribution in [0.2, 0.25) is 0 Å². The Morgan fingerprint density at radius 2 is 1.06 bits per heavy atom. The summed E-state index contributed by atoms with van der Waals surface area (Å²) in [7, 11) is 0. The van der Waals surface area contributed by atoms with Gasteiger partial charge in [0.1, 0.15) is 18.1 Å². The number of carboxylic acid groups (broad SMARTS) is 1. The Labute approximate surface area is 197 Å². The number of carbonyl (C=O) groups is 3. The Balaban J connectivity index is 5.10. The van der Waals surface area contributed by atoms with Crippen molar-refractivity contribution in [3.05, 3.63) is 0 Å². The third kappa shape index (κ3) is 15.1. The van der Waals surface area contributed by atoms with Crippen molar-refractivity contribution in [1.82, 2.24) is 16.4 Å². The SMILES string of the molecule is [NH]C(CCCN=C(N)N)C(=O)NC(CCCN=C(N)N)C(=O)NC(CCCN=C(N)N)C(=O)O. The molecular formula is C18H37N12O4. The molecule has 3 atom stereocenters. The van der Waals surface area contributed by atoms with Gasteiger partial charge in [-0.15, -0.1) is 0 Å². The fraction of sp³-hybridized carbons (Fsp3) is 0.667. The minimum atomic E-state index is -1.25. The average Bonchev–Trinajstić information content (AvgIpc) is 2.74. The van der Waals surface area contributed by atoms with E-state index >= 15 is 0 Å². The Morgan fingerprint density at radius 3 is 1.47 bits per heavy atom. The second-order valence-electron chi connectivity index (χ2n) is 7.36. The fourth-order valence-electron chi connectivity index (χ4n) is 2.71. The van der Waals surface area contributed by atoms with Gasteiger partial charge in [0.2, 0.25) is 11.8 Å². The van der Waals surface area contributed by atoms with Crippen LogP contribution >= 0.6 is 0 Å². The molecule has 1 radical (unpaired) electrons. The van der Waals surface area contributed by atoms with Crippen molar-refractivity contribution in [2.24, 2.45) is 49.4 Å². The van der Waals surface area contributed by atoms with Crippen LogP contribution in [0.5, 0.6) is 0 Å². The first-order valence-corrected chi connectivity index (χ1v) is 10.6. The van der Waals surface area contributed by atoms with E-state index in [2.05, 4.69) is 25.6 Å². The van der Waals surface area contributed by atoms with Gasteiger partial charge in [-0.2, -0.15) is 0 Å². The van der Waals surface area contributed by atoms with E-state index in [1.54, 1.807) is 0 Å². The number of nitrogens with two attached hydrogens (primary N) is 6. The zero-order valence-corrected chi connectivity index (χ0v) is 19.1. The Hall–Kier alpha value is -3.82. The summed E-state index contributed by atoms with van der Waals surface area (Å²) in [5.74, 6) is -2.98.